The molecule has 2 rings (SSSR count). The van der Waals surface area contributed by atoms with E-state index in [0.717, 1.165) is 0 Å². The van der Waals surface area contributed by atoms with E-state index in [-0.39, 0.29) is 0 Å². The normalized spacial score (nSPS) is 12.7. The number of nitrogen functional groups attached to an aromatic ring is 1. The average Bonchev–Trinajstić information content (AvgIpc) is 2.64. The first-order valence-electron chi connectivity index (χ1n) is 4.30. The Labute approximate surface area is 94.9 Å². The molecule has 2 heterocycles. The third kappa shape index (κ3) is 1.88. The summed E-state index contributed by atoms with van der Waals surface area (Å²) >= 11 is 3.27. The molecule has 0 saturated heterocycles. The summed E-state index contributed by atoms with van der Waals surface area (Å²) in [5.74, 6) is 0.426. The Bertz CT molecular complexity index is 470. The van der Waals surface area contributed by atoms with Gasteiger partial charge in [0.25, 0.3) is 0 Å². The second kappa shape index (κ2) is 4.04. The minimum atomic E-state index is -0.900. The number of furan rings is 1. The molecular formula is C10H9BrN2O2. The van der Waals surface area contributed by atoms with Crippen LogP contribution in [-0.4, -0.2) is 10.1 Å². The van der Waals surface area contributed by atoms with Gasteiger partial charge >= 0.3 is 0 Å². The molecule has 0 radical (unpaired) electrons. The number of aliphatic hydroxyl groups excluding tert-OH is 1. The van der Waals surface area contributed by atoms with Gasteiger partial charge in [0.15, 0.2) is 5.76 Å². The number of halogens is 1. The van der Waals surface area contributed by atoms with Crippen LogP contribution in [0.25, 0.3) is 0 Å². The van der Waals surface area contributed by atoms with Gasteiger partial charge in [0.2, 0.25) is 0 Å². The zero-order valence-corrected chi connectivity index (χ0v) is 9.31. The molecule has 0 saturated carbocycles. The van der Waals surface area contributed by atoms with Crippen molar-refractivity contribution >= 4 is 21.6 Å². The second-order valence-electron chi connectivity index (χ2n) is 3.04. The summed E-state index contributed by atoms with van der Waals surface area (Å²) in [6.45, 7) is 0. The molecule has 0 bridgehead atoms. The molecule has 0 aliphatic carbocycles. The quantitative estimate of drug-likeness (QED) is 0.875. The Balaban J connectivity index is 2.41. The maximum Gasteiger partial charge on any atom is 0.151 e. The molecule has 15 heavy (non-hydrogen) atoms. The summed E-state index contributed by atoms with van der Waals surface area (Å²) in [6.07, 6.45) is 3.69. The molecule has 0 aliphatic heterocycles. The van der Waals surface area contributed by atoms with Crippen LogP contribution in [0.4, 0.5) is 5.69 Å². The smallest absolute Gasteiger partial charge is 0.151 e. The lowest BCUT2D eigenvalue weighted by Crippen LogP contribution is -2.03. The van der Waals surface area contributed by atoms with Gasteiger partial charge in [-0.3, -0.25) is 4.98 Å². The maximum atomic E-state index is 10.00. The summed E-state index contributed by atoms with van der Waals surface area (Å²) in [7, 11) is 0. The molecule has 2 aromatic rings. The molecule has 0 amide bonds. The van der Waals surface area contributed by atoms with E-state index in [4.69, 9.17) is 10.2 Å². The first kappa shape index (κ1) is 10.2. The van der Waals surface area contributed by atoms with Crippen molar-refractivity contribution in [1.29, 1.82) is 0 Å². The highest BCUT2D eigenvalue weighted by Gasteiger charge is 2.19. The Morgan fingerprint density at radius 2 is 2.27 bits per heavy atom. The van der Waals surface area contributed by atoms with Crippen molar-refractivity contribution in [3.05, 3.63) is 46.6 Å². The van der Waals surface area contributed by atoms with Crippen LogP contribution in [0, 0.1) is 0 Å². The topological polar surface area (TPSA) is 72.3 Å². The van der Waals surface area contributed by atoms with Crippen molar-refractivity contribution < 1.29 is 9.52 Å². The minimum absolute atomic E-state index is 0.426. The zero-order chi connectivity index (χ0) is 10.8. The number of pyridine rings is 1. The van der Waals surface area contributed by atoms with E-state index in [0.29, 0.717) is 21.5 Å². The largest absolute Gasteiger partial charge is 0.465 e. The molecule has 1 unspecified atom stereocenters. The van der Waals surface area contributed by atoms with E-state index < -0.39 is 6.10 Å². The Hall–Kier alpha value is -1.33. The highest BCUT2D eigenvalue weighted by atomic mass is 79.9. The molecule has 0 aliphatic rings. The maximum absolute atomic E-state index is 10.00. The molecular weight excluding hydrogens is 260 g/mol. The lowest BCUT2D eigenvalue weighted by Gasteiger charge is -2.10. The minimum Gasteiger partial charge on any atom is -0.465 e. The van der Waals surface area contributed by atoms with Gasteiger partial charge in [-0.2, -0.15) is 0 Å². The summed E-state index contributed by atoms with van der Waals surface area (Å²) in [6, 6.07) is 3.35. The number of aromatic nitrogens is 1. The van der Waals surface area contributed by atoms with E-state index in [1.54, 1.807) is 18.3 Å². The third-order valence-electron chi connectivity index (χ3n) is 2.07. The molecule has 4 nitrogen and oxygen atoms in total. The van der Waals surface area contributed by atoms with Gasteiger partial charge in [-0.05, 0) is 28.1 Å². The number of hydrogen-bond donors (Lipinski definition) is 2. The van der Waals surface area contributed by atoms with Gasteiger partial charge in [0.1, 0.15) is 6.10 Å². The molecule has 5 heteroatoms. The summed E-state index contributed by atoms with van der Waals surface area (Å²) in [5.41, 5.74) is 6.74. The number of anilines is 1. The molecule has 78 valence electrons. The van der Waals surface area contributed by atoms with Crippen molar-refractivity contribution in [3.63, 3.8) is 0 Å². The van der Waals surface area contributed by atoms with E-state index in [2.05, 4.69) is 20.9 Å². The van der Waals surface area contributed by atoms with Crippen molar-refractivity contribution in [1.82, 2.24) is 4.98 Å². The van der Waals surface area contributed by atoms with Crippen molar-refractivity contribution in [3.8, 4) is 0 Å². The second-order valence-corrected chi connectivity index (χ2v) is 3.89. The van der Waals surface area contributed by atoms with Gasteiger partial charge in [-0.15, -0.1) is 0 Å². The third-order valence-corrected chi connectivity index (χ3v) is 2.73. The van der Waals surface area contributed by atoms with E-state index >= 15 is 0 Å². The molecule has 0 spiro atoms. The lowest BCUT2D eigenvalue weighted by molar-refractivity contribution is 0.188. The number of nitrogens with zero attached hydrogens (tertiary/aromatic N) is 1. The van der Waals surface area contributed by atoms with Crippen LogP contribution in [0.1, 0.15) is 17.4 Å². The number of nitrogens with two attached hydrogens (primary N) is 1. The number of aliphatic hydroxyl groups is 1. The highest BCUT2D eigenvalue weighted by molar-refractivity contribution is 9.10. The van der Waals surface area contributed by atoms with Gasteiger partial charge in [-0.1, -0.05) is 0 Å². The van der Waals surface area contributed by atoms with Crippen molar-refractivity contribution in [2.24, 2.45) is 0 Å². The molecule has 1 atom stereocenters. The van der Waals surface area contributed by atoms with Crippen molar-refractivity contribution in [2.75, 3.05) is 5.73 Å². The van der Waals surface area contributed by atoms with Crippen LogP contribution in [0.2, 0.25) is 0 Å². The first-order chi connectivity index (χ1) is 7.20. The highest BCUT2D eigenvalue weighted by Crippen LogP contribution is 2.31. The lowest BCUT2D eigenvalue weighted by atomic mass is 10.1. The summed E-state index contributed by atoms with van der Waals surface area (Å²) < 4.78 is 5.86. The summed E-state index contributed by atoms with van der Waals surface area (Å²) in [4.78, 5) is 3.91. The fraction of sp³-hybridized carbons (Fsp3) is 0.100. The van der Waals surface area contributed by atoms with Crippen LogP contribution in [0.5, 0.6) is 0 Å². The predicted molar refractivity (Wildman–Crippen MR) is 59.1 cm³/mol. The van der Waals surface area contributed by atoms with Gasteiger partial charge in [-0.25, -0.2) is 0 Å². The predicted octanol–water partition coefficient (Wildman–Crippen LogP) is 2.10. The average molecular weight is 269 g/mol. The Morgan fingerprint density at radius 3 is 2.87 bits per heavy atom. The Kier molecular flexibility index (Phi) is 2.75. The zero-order valence-electron chi connectivity index (χ0n) is 7.72. The molecule has 3 N–H and O–H groups in total. The Morgan fingerprint density at radius 1 is 1.47 bits per heavy atom. The SMILES string of the molecule is Nc1ccncc1C(O)c1occc1Br. The van der Waals surface area contributed by atoms with Crippen LogP contribution in [-0.2, 0) is 0 Å². The van der Waals surface area contributed by atoms with E-state index in [9.17, 15) is 5.11 Å². The molecule has 0 aromatic carbocycles. The first-order valence-corrected chi connectivity index (χ1v) is 5.10. The fourth-order valence-electron chi connectivity index (χ4n) is 1.29. The van der Waals surface area contributed by atoms with Crippen LogP contribution >= 0.6 is 15.9 Å². The van der Waals surface area contributed by atoms with E-state index in [1.807, 2.05) is 0 Å². The fourth-order valence-corrected chi connectivity index (χ4v) is 1.71. The van der Waals surface area contributed by atoms with Crippen LogP contribution in [0.3, 0.4) is 0 Å². The van der Waals surface area contributed by atoms with E-state index in [1.165, 1.54) is 12.5 Å². The van der Waals surface area contributed by atoms with Gasteiger partial charge in [0, 0.05) is 23.6 Å². The standard InChI is InChI=1S/C10H9BrN2O2/c11-7-2-4-15-10(7)9(14)6-5-13-3-1-8(6)12/h1-5,9,14H,(H2,12,13). The van der Waals surface area contributed by atoms with Crippen LogP contribution < -0.4 is 5.73 Å². The van der Waals surface area contributed by atoms with Gasteiger partial charge in [0.05, 0.1) is 10.7 Å². The van der Waals surface area contributed by atoms with Gasteiger partial charge < -0.3 is 15.3 Å². The molecule has 0 fully saturated rings. The molecule has 2 aromatic heterocycles. The monoisotopic (exact) mass is 268 g/mol. The number of hydrogen-bond acceptors (Lipinski definition) is 4. The van der Waals surface area contributed by atoms with Crippen LogP contribution in [0.15, 0.2) is 39.7 Å². The number of rotatable bonds is 2. The van der Waals surface area contributed by atoms with Crippen molar-refractivity contribution in [2.45, 2.75) is 6.10 Å². The summed E-state index contributed by atoms with van der Waals surface area (Å²) in [5, 5.41) is 10.00.